The van der Waals surface area contributed by atoms with Crippen molar-refractivity contribution >= 4 is 16.7 Å². The number of aromatic nitrogens is 2. The molecule has 0 radical (unpaired) electrons. The van der Waals surface area contributed by atoms with Crippen LogP contribution in [0.15, 0.2) is 66.7 Å². The summed E-state index contributed by atoms with van der Waals surface area (Å²) in [5.41, 5.74) is 2.67. The van der Waals surface area contributed by atoms with E-state index in [-0.39, 0.29) is 6.10 Å². The van der Waals surface area contributed by atoms with Crippen molar-refractivity contribution in [2.45, 2.75) is 12.6 Å². The summed E-state index contributed by atoms with van der Waals surface area (Å²) in [7, 11) is 6.52. The first-order valence-electron chi connectivity index (χ1n) is 10.6. The van der Waals surface area contributed by atoms with Gasteiger partial charge in [0.25, 0.3) is 0 Å². The average molecular weight is 446 g/mol. The molecular weight excluding hydrogens is 418 g/mol. The average Bonchev–Trinajstić information content (AvgIpc) is 2.87. The normalized spacial score (nSPS) is 11.8. The van der Waals surface area contributed by atoms with Crippen LogP contribution in [0.3, 0.4) is 0 Å². The molecule has 0 aliphatic carbocycles. The molecule has 4 aromatic rings. The maximum atomic E-state index is 5.78. The van der Waals surface area contributed by atoms with Crippen LogP contribution >= 0.6 is 0 Å². The van der Waals surface area contributed by atoms with E-state index in [1.165, 1.54) is 0 Å². The lowest BCUT2D eigenvalue weighted by molar-refractivity contribution is 0.129. The number of nitrogens with one attached hydrogen (secondary N) is 1. The second kappa shape index (κ2) is 10.2. The zero-order chi connectivity index (χ0) is 23.2. The first kappa shape index (κ1) is 22.4. The molecule has 1 aromatic heterocycles. The van der Waals surface area contributed by atoms with Crippen molar-refractivity contribution in [2.24, 2.45) is 0 Å². The Morgan fingerprint density at radius 2 is 1.45 bits per heavy atom. The van der Waals surface area contributed by atoms with Crippen LogP contribution in [0.2, 0.25) is 0 Å². The standard InChI is InChI=1S/C26H27N3O4/c1-30-18-14-22(31-2)20(23(15-18)32-3)16-27-25-19-12-8-9-13-21(19)28-26(29-25)24(33-4)17-10-6-5-7-11-17/h5-15,24H,16H2,1-4H3,(H,27,28,29). The van der Waals surface area contributed by atoms with E-state index in [0.717, 1.165) is 22.0 Å². The molecule has 0 saturated heterocycles. The van der Waals surface area contributed by atoms with Crippen molar-refractivity contribution in [1.82, 2.24) is 9.97 Å². The molecule has 0 aliphatic heterocycles. The highest BCUT2D eigenvalue weighted by Crippen LogP contribution is 2.35. The van der Waals surface area contributed by atoms with Crippen molar-refractivity contribution in [2.75, 3.05) is 33.8 Å². The second-order valence-electron chi connectivity index (χ2n) is 7.34. The third kappa shape index (κ3) is 4.68. The summed E-state index contributed by atoms with van der Waals surface area (Å²) in [6.07, 6.45) is -0.388. The number of nitrogens with zero attached hydrogens (tertiary/aromatic N) is 2. The smallest absolute Gasteiger partial charge is 0.164 e. The van der Waals surface area contributed by atoms with E-state index in [1.54, 1.807) is 28.4 Å². The second-order valence-corrected chi connectivity index (χ2v) is 7.34. The Labute approximate surface area is 193 Å². The molecule has 7 nitrogen and oxygen atoms in total. The fraction of sp³-hybridized carbons (Fsp3) is 0.231. The van der Waals surface area contributed by atoms with E-state index in [1.807, 2.05) is 66.7 Å². The van der Waals surface area contributed by atoms with Crippen molar-refractivity contribution in [1.29, 1.82) is 0 Å². The number of ether oxygens (including phenoxy) is 4. The van der Waals surface area contributed by atoms with E-state index in [9.17, 15) is 0 Å². The van der Waals surface area contributed by atoms with Crippen LogP contribution in [0, 0.1) is 0 Å². The van der Waals surface area contributed by atoms with Crippen LogP contribution in [-0.2, 0) is 11.3 Å². The van der Waals surface area contributed by atoms with Crippen LogP contribution in [0.5, 0.6) is 17.2 Å². The van der Waals surface area contributed by atoms with Crippen LogP contribution in [-0.4, -0.2) is 38.4 Å². The Morgan fingerprint density at radius 3 is 2.09 bits per heavy atom. The lowest BCUT2D eigenvalue weighted by Crippen LogP contribution is -2.12. The van der Waals surface area contributed by atoms with Crippen molar-refractivity contribution in [3.8, 4) is 17.2 Å². The SMILES string of the molecule is COc1cc(OC)c(CNc2nc(C(OC)c3ccccc3)nc3ccccc23)c(OC)c1. The topological polar surface area (TPSA) is 74.7 Å². The molecule has 3 aromatic carbocycles. The Hall–Kier alpha value is -3.84. The van der Waals surface area contributed by atoms with E-state index in [0.29, 0.717) is 35.4 Å². The monoisotopic (exact) mass is 445 g/mol. The maximum absolute atomic E-state index is 5.78. The highest BCUT2D eigenvalue weighted by Gasteiger charge is 2.20. The molecule has 0 fully saturated rings. The molecular formula is C26H27N3O4. The molecule has 170 valence electrons. The summed E-state index contributed by atoms with van der Waals surface area (Å²) < 4.78 is 22.3. The van der Waals surface area contributed by atoms with Gasteiger partial charge in [-0.05, 0) is 17.7 Å². The summed E-state index contributed by atoms with van der Waals surface area (Å²) in [4.78, 5) is 9.64. The number of para-hydroxylation sites is 1. The van der Waals surface area contributed by atoms with Gasteiger partial charge in [-0.3, -0.25) is 0 Å². The minimum Gasteiger partial charge on any atom is -0.496 e. The summed E-state index contributed by atoms with van der Waals surface area (Å²) in [5, 5.41) is 4.37. The highest BCUT2D eigenvalue weighted by molar-refractivity contribution is 5.89. The van der Waals surface area contributed by atoms with Crippen molar-refractivity contribution in [3.63, 3.8) is 0 Å². The fourth-order valence-corrected chi connectivity index (χ4v) is 3.79. The summed E-state index contributed by atoms with van der Waals surface area (Å²) in [6, 6.07) is 21.5. The minimum absolute atomic E-state index is 0.388. The van der Waals surface area contributed by atoms with Gasteiger partial charge in [-0.25, -0.2) is 9.97 Å². The molecule has 0 amide bonds. The Kier molecular flexibility index (Phi) is 6.90. The van der Waals surface area contributed by atoms with Gasteiger partial charge in [-0.2, -0.15) is 0 Å². The van der Waals surface area contributed by atoms with Gasteiger partial charge in [0.2, 0.25) is 0 Å². The number of rotatable bonds is 9. The Balaban J connectivity index is 1.74. The predicted octanol–water partition coefficient (Wildman–Crippen LogP) is 5.00. The summed E-state index contributed by atoms with van der Waals surface area (Å²) in [6.45, 7) is 0.430. The molecule has 0 bridgehead atoms. The summed E-state index contributed by atoms with van der Waals surface area (Å²) >= 11 is 0. The molecule has 0 saturated carbocycles. The Morgan fingerprint density at radius 1 is 0.788 bits per heavy atom. The minimum atomic E-state index is -0.388. The molecule has 1 N–H and O–H groups in total. The number of anilines is 1. The lowest BCUT2D eigenvalue weighted by atomic mass is 10.1. The largest absolute Gasteiger partial charge is 0.496 e. The number of hydrogen-bond donors (Lipinski definition) is 1. The third-order valence-corrected chi connectivity index (χ3v) is 5.44. The van der Waals surface area contributed by atoms with Gasteiger partial charge in [0, 0.05) is 31.2 Å². The number of fused-ring (bicyclic) bond motifs is 1. The lowest BCUT2D eigenvalue weighted by Gasteiger charge is -2.19. The molecule has 0 spiro atoms. The summed E-state index contributed by atoms with van der Waals surface area (Å²) in [5.74, 6) is 3.27. The van der Waals surface area contributed by atoms with E-state index in [2.05, 4.69) is 5.32 Å². The molecule has 0 aliphatic rings. The van der Waals surface area contributed by atoms with Crippen LogP contribution in [0.25, 0.3) is 10.9 Å². The first-order chi connectivity index (χ1) is 16.2. The van der Waals surface area contributed by atoms with Gasteiger partial charge >= 0.3 is 0 Å². The third-order valence-electron chi connectivity index (χ3n) is 5.44. The van der Waals surface area contributed by atoms with Crippen molar-refractivity contribution in [3.05, 3.63) is 83.7 Å². The van der Waals surface area contributed by atoms with Crippen LogP contribution in [0.1, 0.15) is 23.1 Å². The van der Waals surface area contributed by atoms with Gasteiger partial charge < -0.3 is 24.3 Å². The predicted molar refractivity (Wildman–Crippen MR) is 128 cm³/mol. The van der Waals surface area contributed by atoms with Gasteiger partial charge in [-0.1, -0.05) is 42.5 Å². The van der Waals surface area contributed by atoms with E-state index in [4.69, 9.17) is 28.9 Å². The highest BCUT2D eigenvalue weighted by atomic mass is 16.5. The molecule has 1 heterocycles. The fourth-order valence-electron chi connectivity index (χ4n) is 3.79. The molecule has 7 heteroatoms. The van der Waals surface area contributed by atoms with E-state index < -0.39 is 0 Å². The first-order valence-corrected chi connectivity index (χ1v) is 10.6. The molecule has 1 unspecified atom stereocenters. The molecule has 1 atom stereocenters. The van der Waals surface area contributed by atoms with E-state index >= 15 is 0 Å². The molecule has 4 rings (SSSR count). The molecule has 33 heavy (non-hydrogen) atoms. The zero-order valence-corrected chi connectivity index (χ0v) is 19.2. The van der Waals surface area contributed by atoms with Gasteiger partial charge in [0.1, 0.15) is 29.2 Å². The van der Waals surface area contributed by atoms with Crippen LogP contribution < -0.4 is 19.5 Å². The Bertz CT molecular complexity index is 1210. The number of hydrogen-bond acceptors (Lipinski definition) is 7. The van der Waals surface area contributed by atoms with Gasteiger partial charge in [0.15, 0.2) is 5.82 Å². The van der Waals surface area contributed by atoms with Gasteiger partial charge in [0.05, 0.1) is 32.4 Å². The van der Waals surface area contributed by atoms with Crippen molar-refractivity contribution < 1.29 is 18.9 Å². The maximum Gasteiger partial charge on any atom is 0.164 e. The van der Waals surface area contributed by atoms with Crippen LogP contribution in [0.4, 0.5) is 5.82 Å². The zero-order valence-electron chi connectivity index (χ0n) is 19.2. The quantitative estimate of drug-likeness (QED) is 0.388. The number of benzene rings is 3. The number of methoxy groups -OCH3 is 4. The van der Waals surface area contributed by atoms with Gasteiger partial charge in [-0.15, -0.1) is 0 Å².